The molecule has 5 heteroatoms. The molecule has 2 N–H and O–H groups in total. The summed E-state index contributed by atoms with van der Waals surface area (Å²) in [7, 11) is 0. The van der Waals surface area contributed by atoms with Crippen molar-refractivity contribution in [2.45, 2.75) is 11.8 Å². The van der Waals surface area contributed by atoms with Gasteiger partial charge in [-0.2, -0.15) is 0 Å². The van der Waals surface area contributed by atoms with Gasteiger partial charge in [-0.25, -0.2) is 4.39 Å². The van der Waals surface area contributed by atoms with E-state index in [2.05, 4.69) is 41.8 Å². The second-order valence-electron chi connectivity index (χ2n) is 4.52. The number of rotatable bonds is 5. The average Bonchev–Trinajstić information content (AvgIpc) is 2.48. The molecule has 0 aliphatic carbocycles. The van der Waals surface area contributed by atoms with Gasteiger partial charge in [0.1, 0.15) is 5.82 Å². The van der Waals surface area contributed by atoms with Crippen LogP contribution in [-0.4, -0.2) is 17.4 Å². The highest BCUT2D eigenvalue weighted by Gasteiger charge is 2.02. The van der Waals surface area contributed by atoms with Crippen LogP contribution in [0, 0.1) is 12.7 Å². The Hall–Kier alpha value is -1.59. The molecule has 0 heterocycles. The topological polar surface area (TPSA) is 24.1 Å². The fourth-order valence-corrected chi connectivity index (χ4v) is 2.68. The monoisotopic (exact) mass is 320 g/mol. The maximum Gasteiger partial charge on any atom is 0.170 e. The summed E-state index contributed by atoms with van der Waals surface area (Å²) in [5.41, 5.74) is 1.65. The third-order valence-electron chi connectivity index (χ3n) is 2.80. The fourth-order valence-electron chi connectivity index (χ4n) is 1.70. The molecule has 0 aliphatic heterocycles. The van der Waals surface area contributed by atoms with Crippen molar-refractivity contribution in [1.82, 2.24) is 5.32 Å². The minimum Gasteiger partial charge on any atom is -0.362 e. The van der Waals surface area contributed by atoms with Crippen molar-refractivity contribution in [3.05, 3.63) is 59.9 Å². The lowest BCUT2D eigenvalue weighted by Crippen LogP contribution is -2.30. The predicted octanol–water partition coefficient (Wildman–Crippen LogP) is 4.21. The van der Waals surface area contributed by atoms with Gasteiger partial charge in [-0.15, -0.1) is 11.8 Å². The van der Waals surface area contributed by atoms with E-state index in [1.807, 2.05) is 0 Å². The molecule has 0 bridgehead atoms. The van der Waals surface area contributed by atoms with Gasteiger partial charge in [-0.3, -0.25) is 0 Å². The highest BCUT2D eigenvalue weighted by molar-refractivity contribution is 7.99. The van der Waals surface area contributed by atoms with E-state index in [1.54, 1.807) is 30.0 Å². The first-order valence-corrected chi connectivity index (χ1v) is 8.03. The quantitative estimate of drug-likeness (QED) is 0.489. The Morgan fingerprint density at radius 1 is 1.14 bits per heavy atom. The Labute approximate surface area is 134 Å². The SMILES string of the molecule is Cc1ccc(SCCNC(=S)Nc2ccccc2F)cc1. The number of halogens is 1. The van der Waals surface area contributed by atoms with Crippen LogP contribution in [0.5, 0.6) is 0 Å². The van der Waals surface area contributed by atoms with Gasteiger partial charge in [0.2, 0.25) is 0 Å². The number of thiocarbonyl (C=S) groups is 1. The number of aryl methyl sites for hydroxylation is 1. The zero-order valence-electron chi connectivity index (χ0n) is 11.7. The molecule has 0 saturated carbocycles. The van der Waals surface area contributed by atoms with Crippen LogP contribution in [0.2, 0.25) is 0 Å². The lowest BCUT2D eigenvalue weighted by Gasteiger charge is -2.11. The summed E-state index contributed by atoms with van der Waals surface area (Å²) in [6.07, 6.45) is 0. The van der Waals surface area contributed by atoms with Gasteiger partial charge in [-0.05, 0) is 43.4 Å². The van der Waals surface area contributed by atoms with E-state index in [4.69, 9.17) is 12.2 Å². The van der Waals surface area contributed by atoms with Gasteiger partial charge in [0.15, 0.2) is 5.11 Å². The first-order chi connectivity index (χ1) is 10.1. The van der Waals surface area contributed by atoms with Crippen molar-refractivity contribution in [2.24, 2.45) is 0 Å². The van der Waals surface area contributed by atoms with E-state index in [9.17, 15) is 4.39 Å². The second-order valence-corrected chi connectivity index (χ2v) is 6.10. The predicted molar refractivity (Wildman–Crippen MR) is 92.5 cm³/mol. The summed E-state index contributed by atoms with van der Waals surface area (Å²) in [5.74, 6) is 0.581. The standard InChI is InChI=1S/C16H17FN2S2/c1-12-6-8-13(9-7-12)21-11-10-18-16(20)19-15-5-3-2-4-14(15)17/h2-9H,10-11H2,1H3,(H2,18,19,20). The summed E-state index contributed by atoms with van der Waals surface area (Å²) in [6.45, 7) is 2.79. The molecule has 0 saturated heterocycles. The van der Waals surface area contributed by atoms with E-state index in [0.717, 1.165) is 12.3 Å². The van der Waals surface area contributed by atoms with Crippen LogP contribution >= 0.6 is 24.0 Å². The number of thioether (sulfide) groups is 1. The number of hydrogen-bond donors (Lipinski definition) is 2. The molecule has 0 spiro atoms. The normalized spacial score (nSPS) is 10.2. The third-order valence-corrected chi connectivity index (χ3v) is 4.06. The van der Waals surface area contributed by atoms with Crippen LogP contribution in [0.25, 0.3) is 0 Å². The zero-order chi connectivity index (χ0) is 15.1. The van der Waals surface area contributed by atoms with Gasteiger partial charge >= 0.3 is 0 Å². The van der Waals surface area contributed by atoms with Crippen LogP contribution in [0.1, 0.15) is 5.56 Å². The number of para-hydroxylation sites is 1. The largest absolute Gasteiger partial charge is 0.362 e. The van der Waals surface area contributed by atoms with E-state index in [-0.39, 0.29) is 5.82 Å². The maximum absolute atomic E-state index is 13.4. The lowest BCUT2D eigenvalue weighted by atomic mass is 10.2. The Morgan fingerprint density at radius 3 is 2.57 bits per heavy atom. The molecule has 0 amide bonds. The first kappa shape index (κ1) is 15.8. The van der Waals surface area contributed by atoms with Crippen molar-refractivity contribution in [2.75, 3.05) is 17.6 Å². The zero-order valence-corrected chi connectivity index (χ0v) is 13.4. The molecule has 0 unspecified atom stereocenters. The molecule has 2 aromatic rings. The number of nitrogens with one attached hydrogen (secondary N) is 2. The Balaban J connectivity index is 1.70. The molecule has 21 heavy (non-hydrogen) atoms. The van der Waals surface area contributed by atoms with Crippen molar-refractivity contribution in [3.8, 4) is 0 Å². The van der Waals surface area contributed by atoms with Crippen molar-refractivity contribution < 1.29 is 4.39 Å². The van der Waals surface area contributed by atoms with Gasteiger partial charge in [0.25, 0.3) is 0 Å². The van der Waals surface area contributed by atoms with Crippen LogP contribution in [0.3, 0.4) is 0 Å². The van der Waals surface area contributed by atoms with Gasteiger partial charge in [0.05, 0.1) is 5.69 Å². The van der Waals surface area contributed by atoms with Gasteiger partial charge in [0, 0.05) is 17.2 Å². The Bertz CT molecular complexity index is 599. The van der Waals surface area contributed by atoms with Crippen LogP contribution in [-0.2, 0) is 0 Å². The summed E-state index contributed by atoms with van der Waals surface area (Å²) in [5, 5.41) is 6.36. The average molecular weight is 320 g/mol. The van der Waals surface area contributed by atoms with Gasteiger partial charge < -0.3 is 10.6 Å². The minimum atomic E-state index is -0.310. The van der Waals surface area contributed by atoms with Crippen molar-refractivity contribution in [1.29, 1.82) is 0 Å². The molecule has 110 valence electrons. The van der Waals surface area contributed by atoms with Crippen LogP contribution < -0.4 is 10.6 Å². The number of hydrogen-bond acceptors (Lipinski definition) is 2. The van der Waals surface area contributed by atoms with Crippen molar-refractivity contribution in [3.63, 3.8) is 0 Å². The highest BCUT2D eigenvalue weighted by Crippen LogP contribution is 2.17. The Kier molecular flexibility index (Phi) is 6.02. The van der Waals surface area contributed by atoms with E-state index >= 15 is 0 Å². The molecule has 0 aromatic heterocycles. The molecule has 2 nitrogen and oxygen atoms in total. The number of anilines is 1. The molecule has 0 aliphatic rings. The third kappa shape index (κ3) is 5.36. The summed E-state index contributed by atoms with van der Waals surface area (Å²) in [4.78, 5) is 1.23. The molecule has 0 radical (unpaired) electrons. The minimum absolute atomic E-state index is 0.310. The van der Waals surface area contributed by atoms with E-state index in [1.165, 1.54) is 16.5 Å². The smallest absolute Gasteiger partial charge is 0.170 e. The van der Waals surface area contributed by atoms with Gasteiger partial charge in [-0.1, -0.05) is 29.8 Å². The van der Waals surface area contributed by atoms with E-state index in [0.29, 0.717) is 10.8 Å². The highest BCUT2D eigenvalue weighted by atomic mass is 32.2. The second kappa shape index (κ2) is 8.00. The van der Waals surface area contributed by atoms with Crippen LogP contribution in [0.4, 0.5) is 10.1 Å². The summed E-state index contributed by atoms with van der Waals surface area (Å²) in [6, 6.07) is 14.9. The molecule has 0 fully saturated rings. The first-order valence-electron chi connectivity index (χ1n) is 6.64. The number of benzene rings is 2. The summed E-state index contributed by atoms with van der Waals surface area (Å²) >= 11 is 6.90. The fraction of sp³-hybridized carbons (Fsp3) is 0.188. The molecule has 0 atom stereocenters. The molecule has 2 rings (SSSR count). The summed E-state index contributed by atoms with van der Waals surface area (Å²) < 4.78 is 13.4. The van der Waals surface area contributed by atoms with Crippen molar-refractivity contribution >= 4 is 34.8 Å². The molecule has 2 aromatic carbocycles. The Morgan fingerprint density at radius 2 is 1.86 bits per heavy atom. The van der Waals surface area contributed by atoms with E-state index < -0.39 is 0 Å². The van der Waals surface area contributed by atoms with Crippen LogP contribution in [0.15, 0.2) is 53.4 Å². The lowest BCUT2D eigenvalue weighted by molar-refractivity contribution is 0.632. The maximum atomic E-state index is 13.4. The molecular weight excluding hydrogens is 303 g/mol. The molecular formula is C16H17FN2S2.